The highest BCUT2D eigenvalue weighted by molar-refractivity contribution is 5.89. The number of nitrogens with zero attached hydrogens (tertiary/aromatic N) is 7. The van der Waals surface area contributed by atoms with Gasteiger partial charge in [0.25, 0.3) is 0 Å². The molecule has 178 valence electrons. The van der Waals surface area contributed by atoms with E-state index in [4.69, 9.17) is 4.98 Å². The minimum Gasteiger partial charge on any atom is -0.361 e. The second-order valence-electron chi connectivity index (χ2n) is 9.09. The summed E-state index contributed by atoms with van der Waals surface area (Å²) < 4.78 is 0. The maximum Gasteiger partial charge on any atom is 0.147 e. The number of hydrogen-bond donors (Lipinski definition) is 1. The lowest BCUT2D eigenvalue weighted by atomic mass is 10.1. The van der Waals surface area contributed by atoms with E-state index in [2.05, 4.69) is 68.0 Å². The zero-order chi connectivity index (χ0) is 24.4. The Kier molecular flexibility index (Phi) is 6.29. The quantitative estimate of drug-likeness (QED) is 0.457. The molecule has 0 saturated carbocycles. The summed E-state index contributed by atoms with van der Waals surface area (Å²) in [5.74, 6) is 2.55. The Labute approximate surface area is 206 Å². The van der Waals surface area contributed by atoms with Gasteiger partial charge in [0.1, 0.15) is 17.5 Å². The minimum absolute atomic E-state index is 0.741. The van der Waals surface area contributed by atoms with Crippen molar-refractivity contribution in [2.45, 2.75) is 0 Å². The normalized spacial score (nSPS) is 14.2. The van der Waals surface area contributed by atoms with Gasteiger partial charge in [-0.05, 0) is 36.7 Å². The van der Waals surface area contributed by atoms with Gasteiger partial charge < -0.3 is 20.0 Å². The maximum atomic E-state index is 4.72. The van der Waals surface area contributed by atoms with E-state index in [0.29, 0.717) is 0 Å². The first kappa shape index (κ1) is 22.7. The molecule has 8 nitrogen and oxygen atoms in total. The monoisotopic (exact) mass is 466 g/mol. The van der Waals surface area contributed by atoms with Crippen LogP contribution in [0.5, 0.6) is 0 Å². The fraction of sp³-hybridized carbons (Fsp3) is 0.259. The summed E-state index contributed by atoms with van der Waals surface area (Å²) in [7, 11) is 6.07. The van der Waals surface area contributed by atoms with Crippen molar-refractivity contribution in [3.05, 3.63) is 73.3 Å². The van der Waals surface area contributed by atoms with E-state index in [0.717, 1.165) is 76.9 Å². The van der Waals surface area contributed by atoms with E-state index >= 15 is 0 Å². The third kappa shape index (κ3) is 5.07. The van der Waals surface area contributed by atoms with Gasteiger partial charge in [0.2, 0.25) is 0 Å². The van der Waals surface area contributed by atoms with Gasteiger partial charge in [0.05, 0.1) is 18.1 Å². The molecule has 1 saturated heterocycles. The average molecular weight is 467 g/mol. The fourth-order valence-corrected chi connectivity index (χ4v) is 4.12. The number of hydrogen-bond acceptors (Lipinski definition) is 8. The number of benzene rings is 1. The Morgan fingerprint density at radius 3 is 2.57 bits per heavy atom. The van der Waals surface area contributed by atoms with Gasteiger partial charge in [0.15, 0.2) is 0 Å². The van der Waals surface area contributed by atoms with E-state index in [9.17, 15) is 0 Å². The predicted molar refractivity (Wildman–Crippen MR) is 144 cm³/mol. The van der Waals surface area contributed by atoms with Crippen molar-refractivity contribution in [1.82, 2.24) is 24.8 Å². The van der Waals surface area contributed by atoms with Crippen LogP contribution in [0.2, 0.25) is 0 Å². The van der Waals surface area contributed by atoms with Crippen LogP contribution in [0.15, 0.2) is 67.8 Å². The van der Waals surface area contributed by atoms with Crippen molar-refractivity contribution >= 4 is 33.9 Å². The van der Waals surface area contributed by atoms with Gasteiger partial charge in [-0.15, -0.1) is 0 Å². The van der Waals surface area contributed by atoms with Crippen molar-refractivity contribution in [2.75, 3.05) is 62.4 Å². The zero-order valence-electron chi connectivity index (χ0n) is 20.4. The first-order chi connectivity index (χ1) is 17.0. The van der Waals surface area contributed by atoms with Crippen LogP contribution in [0.25, 0.3) is 27.7 Å². The number of anilines is 3. The van der Waals surface area contributed by atoms with Crippen LogP contribution in [0.3, 0.4) is 0 Å². The molecule has 8 heteroatoms. The average Bonchev–Trinajstić information content (AvgIpc) is 2.89. The maximum absolute atomic E-state index is 4.72. The Bertz CT molecular complexity index is 1360. The van der Waals surface area contributed by atoms with Crippen LogP contribution in [-0.4, -0.2) is 72.2 Å². The minimum atomic E-state index is 0.741. The van der Waals surface area contributed by atoms with E-state index in [-0.39, 0.29) is 0 Å². The Balaban J connectivity index is 1.36. The zero-order valence-corrected chi connectivity index (χ0v) is 20.4. The molecule has 4 aromatic rings. The molecule has 1 N–H and O–H groups in total. The summed E-state index contributed by atoms with van der Waals surface area (Å²) in [5, 5.41) is 5.50. The van der Waals surface area contributed by atoms with Crippen LogP contribution in [-0.2, 0) is 0 Å². The van der Waals surface area contributed by atoms with Crippen LogP contribution in [0.4, 0.5) is 17.5 Å². The first-order valence-corrected chi connectivity index (χ1v) is 11.7. The number of piperazine rings is 1. The Hall–Kier alpha value is -4.04. The fourth-order valence-electron chi connectivity index (χ4n) is 4.12. The number of fused-ring (bicyclic) bond motifs is 1. The highest BCUT2D eigenvalue weighted by Crippen LogP contribution is 2.26. The topological polar surface area (TPSA) is 73.3 Å². The standard InChI is InChI=1S/C27H30N8/c1-19(20-7-8-29-26(15-20)35-11-9-34(4)10-12-35)31-25-14-23-13-21(5-6-22(23)16-30-25)24-17-28-18-27(32-24)33(2)3/h5-8,13-18H,1,9-12H2,2-4H3,(H,30,31). The van der Waals surface area contributed by atoms with E-state index in [1.807, 2.05) is 43.5 Å². The summed E-state index contributed by atoms with van der Waals surface area (Å²) in [4.78, 5) is 24.8. The van der Waals surface area contributed by atoms with Gasteiger partial charge in [-0.25, -0.2) is 15.0 Å². The molecule has 1 aliphatic heterocycles. The summed E-state index contributed by atoms with van der Waals surface area (Å²) in [6, 6.07) is 12.3. The predicted octanol–water partition coefficient (Wildman–Crippen LogP) is 3.99. The van der Waals surface area contributed by atoms with Crippen molar-refractivity contribution in [3.63, 3.8) is 0 Å². The van der Waals surface area contributed by atoms with Crippen molar-refractivity contribution in [1.29, 1.82) is 0 Å². The Morgan fingerprint density at radius 1 is 0.943 bits per heavy atom. The molecular formula is C27H30N8. The van der Waals surface area contributed by atoms with Crippen LogP contribution in [0, 0.1) is 0 Å². The molecule has 4 heterocycles. The number of aromatic nitrogens is 4. The molecule has 0 atom stereocenters. The lowest BCUT2D eigenvalue weighted by Crippen LogP contribution is -2.44. The van der Waals surface area contributed by atoms with Crippen molar-refractivity contribution in [2.24, 2.45) is 0 Å². The third-order valence-electron chi connectivity index (χ3n) is 6.30. The van der Waals surface area contributed by atoms with Crippen molar-refractivity contribution < 1.29 is 0 Å². The molecule has 0 radical (unpaired) electrons. The summed E-state index contributed by atoms with van der Waals surface area (Å²) in [5.41, 5.74) is 3.63. The second kappa shape index (κ2) is 9.68. The molecule has 0 unspecified atom stereocenters. The molecule has 1 fully saturated rings. The van der Waals surface area contributed by atoms with E-state index < -0.39 is 0 Å². The van der Waals surface area contributed by atoms with Gasteiger partial charge in [-0.1, -0.05) is 18.7 Å². The van der Waals surface area contributed by atoms with Gasteiger partial charge >= 0.3 is 0 Å². The number of rotatable bonds is 6. The van der Waals surface area contributed by atoms with Crippen LogP contribution >= 0.6 is 0 Å². The van der Waals surface area contributed by atoms with Crippen LogP contribution < -0.4 is 15.1 Å². The largest absolute Gasteiger partial charge is 0.361 e. The van der Waals surface area contributed by atoms with E-state index in [1.54, 1.807) is 12.4 Å². The lowest BCUT2D eigenvalue weighted by Gasteiger charge is -2.33. The molecule has 0 aliphatic carbocycles. The molecule has 35 heavy (non-hydrogen) atoms. The highest BCUT2D eigenvalue weighted by Gasteiger charge is 2.16. The second-order valence-corrected chi connectivity index (χ2v) is 9.09. The summed E-state index contributed by atoms with van der Waals surface area (Å²) in [6.45, 7) is 8.29. The van der Waals surface area contributed by atoms with Gasteiger partial charge in [-0.2, -0.15) is 0 Å². The number of pyridine rings is 2. The molecule has 0 amide bonds. The number of nitrogens with one attached hydrogen (secondary N) is 1. The van der Waals surface area contributed by atoms with Crippen molar-refractivity contribution in [3.8, 4) is 11.3 Å². The molecule has 3 aromatic heterocycles. The van der Waals surface area contributed by atoms with Crippen LogP contribution in [0.1, 0.15) is 5.56 Å². The lowest BCUT2D eigenvalue weighted by molar-refractivity contribution is 0.312. The molecule has 0 spiro atoms. The third-order valence-corrected chi connectivity index (χ3v) is 6.30. The molecule has 5 rings (SSSR count). The summed E-state index contributed by atoms with van der Waals surface area (Å²) in [6.07, 6.45) is 7.27. The van der Waals surface area contributed by atoms with E-state index in [1.165, 1.54) is 0 Å². The molecular weight excluding hydrogens is 436 g/mol. The smallest absolute Gasteiger partial charge is 0.147 e. The van der Waals surface area contributed by atoms with Gasteiger partial charge in [0, 0.05) is 74.9 Å². The Morgan fingerprint density at radius 2 is 1.77 bits per heavy atom. The molecule has 1 aromatic carbocycles. The number of likely N-dealkylation sites (N-methyl/N-ethyl adjacent to an activating group) is 1. The highest BCUT2D eigenvalue weighted by atomic mass is 15.3. The first-order valence-electron chi connectivity index (χ1n) is 11.7. The van der Waals surface area contributed by atoms with Gasteiger partial charge in [-0.3, -0.25) is 4.98 Å². The molecule has 1 aliphatic rings. The molecule has 0 bridgehead atoms. The SMILES string of the molecule is C=C(Nc1cc2cc(-c3cncc(N(C)C)n3)ccc2cn1)c1ccnc(N2CCN(C)CC2)c1. The summed E-state index contributed by atoms with van der Waals surface area (Å²) >= 11 is 0.